The molecule has 1 aliphatic rings. The highest BCUT2D eigenvalue weighted by molar-refractivity contribution is 9.10. The van der Waals surface area contributed by atoms with Gasteiger partial charge in [-0.2, -0.15) is 0 Å². The zero-order chi connectivity index (χ0) is 14.0. The van der Waals surface area contributed by atoms with Crippen LogP contribution < -0.4 is 14.8 Å². The fraction of sp³-hybridized carbons (Fsp3) is 0.600. The van der Waals surface area contributed by atoms with E-state index < -0.39 is 0 Å². The first kappa shape index (κ1) is 14.7. The molecule has 1 N–H and O–H groups in total. The molecule has 1 aromatic carbocycles. The number of benzene rings is 1. The Labute approximate surface area is 123 Å². The van der Waals surface area contributed by atoms with Crippen LogP contribution in [0.3, 0.4) is 0 Å². The summed E-state index contributed by atoms with van der Waals surface area (Å²) in [6.45, 7) is 7.63. The Morgan fingerprint density at radius 3 is 2.74 bits per heavy atom. The molecule has 1 aliphatic carbocycles. The molecule has 0 radical (unpaired) electrons. The van der Waals surface area contributed by atoms with Crippen molar-refractivity contribution < 1.29 is 9.47 Å². The number of nitrogens with one attached hydrogen (secondary N) is 1. The number of hydrogen-bond acceptors (Lipinski definition) is 3. The second kappa shape index (κ2) is 5.71. The van der Waals surface area contributed by atoms with Gasteiger partial charge in [0.25, 0.3) is 0 Å². The summed E-state index contributed by atoms with van der Waals surface area (Å²) in [6.07, 6.45) is 1.25. The Morgan fingerprint density at radius 1 is 1.42 bits per heavy atom. The number of hydrogen-bond donors (Lipinski definition) is 1. The van der Waals surface area contributed by atoms with Crippen LogP contribution in [-0.4, -0.2) is 25.8 Å². The number of methoxy groups -OCH3 is 1. The normalized spacial score (nSPS) is 24.7. The first-order valence-electron chi connectivity index (χ1n) is 6.73. The number of rotatable bonds is 5. The van der Waals surface area contributed by atoms with Gasteiger partial charge in [-0.15, -0.1) is 0 Å². The van der Waals surface area contributed by atoms with Crippen LogP contribution in [0.5, 0.6) is 11.5 Å². The van der Waals surface area contributed by atoms with Crippen molar-refractivity contribution in [3.8, 4) is 11.5 Å². The zero-order valence-electron chi connectivity index (χ0n) is 12.0. The van der Waals surface area contributed by atoms with Crippen molar-refractivity contribution in [2.45, 2.75) is 39.3 Å². The quantitative estimate of drug-likeness (QED) is 0.896. The van der Waals surface area contributed by atoms with Crippen LogP contribution in [0, 0.1) is 5.41 Å². The highest BCUT2D eigenvalue weighted by Gasteiger charge is 2.49. The van der Waals surface area contributed by atoms with Crippen LogP contribution in [0.4, 0.5) is 0 Å². The molecule has 0 amide bonds. The van der Waals surface area contributed by atoms with Crippen LogP contribution in [0.1, 0.15) is 27.2 Å². The van der Waals surface area contributed by atoms with E-state index in [0.29, 0.717) is 6.04 Å². The highest BCUT2D eigenvalue weighted by Crippen LogP contribution is 2.46. The van der Waals surface area contributed by atoms with E-state index in [1.807, 2.05) is 18.2 Å². The molecule has 4 heteroatoms. The van der Waals surface area contributed by atoms with Crippen molar-refractivity contribution in [1.82, 2.24) is 5.32 Å². The first-order chi connectivity index (χ1) is 9.00. The Hall–Kier alpha value is -0.740. The molecule has 1 fully saturated rings. The molecule has 0 spiro atoms. The van der Waals surface area contributed by atoms with E-state index >= 15 is 0 Å². The molecule has 0 aliphatic heterocycles. The Bertz CT molecular complexity index is 448. The van der Waals surface area contributed by atoms with Crippen molar-refractivity contribution in [3.63, 3.8) is 0 Å². The van der Waals surface area contributed by atoms with Crippen LogP contribution in [0.15, 0.2) is 22.7 Å². The van der Waals surface area contributed by atoms with Gasteiger partial charge in [-0.25, -0.2) is 0 Å². The van der Waals surface area contributed by atoms with Crippen molar-refractivity contribution >= 4 is 15.9 Å². The lowest BCUT2D eigenvalue weighted by atomic mass is 9.64. The molecule has 2 unspecified atom stereocenters. The third-order valence-corrected chi connectivity index (χ3v) is 4.66. The van der Waals surface area contributed by atoms with E-state index in [0.717, 1.165) is 28.9 Å². The summed E-state index contributed by atoms with van der Waals surface area (Å²) < 4.78 is 12.5. The first-order valence-corrected chi connectivity index (χ1v) is 7.52. The number of halogens is 1. The molecule has 2 rings (SSSR count). The smallest absolute Gasteiger partial charge is 0.175 e. The lowest BCUT2D eigenvalue weighted by Crippen LogP contribution is -2.62. The fourth-order valence-corrected chi connectivity index (χ4v) is 3.03. The van der Waals surface area contributed by atoms with E-state index in [2.05, 4.69) is 42.0 Å². The molecule has 106 valence electrons. The molecule has 0 aromatic heterocycles. The largest absolute Gasteiger partial charge is 0.493 e. The van der Waals surface area contributed by atoms with E-state index in [9.17, 15) is 0 Å². The molecule has 1 aromatic rings. The maximum atomic E-state index is 6.18. The summed E-state index contributed by atoms with van der Waals surface area (Å²) in [7, 11) is 1.67. The van der Waals surface area contributed by atoms with Gasteiger partial charge in [0.15, 0.2) is 11.5 Å². The van der Waals surface area contributed by atoms with Crippen LogP contribution >= 0.6 is 15.9 Å². The summed E-state index contributed by atoms with van der Waals surface area (Å²) in [4.78, 5) is 0. The van der Waals surface area contributed by atoms with Crippen molar-refractivity contribution in [3.05, 3.63) is 22.7 Å². The monoisotopic (exact) mass is 327 g/mol. The third-order valence-electron chi connectivity index (χ3n) is 4.04. The van der Waals surface area contributed by atoms with Gasteiger partial charge in [-0.05, 0) is 34.6 Å². The Kier molecular flexibility index (Phi) is 4.41. The second-order valence-corrected chi connectivity index (χ2v) is 6.40. The number of para-hydroxylation sites is 1. The Morgan fingerprint density at radius 2 is 2.16 bits per heavy atom. The fourth-order valence-electron chi connectivity index (χ4n) is 2.58. The van der Waals surface area contributed by atoms with Gasteiger partial charge in [-0.3, -0.25) is 0 Å². The molecule has 19 heavy (non-hydrogen) atoms. The van der Waals surface area contributed by atoms with Gasteiger partial charge in [0.2, 0.25) is 0 Å². The van der Waals surface area contributed by atoms with E-state index in [1.54, 1.807) is 7.11 Å². The number of ether oxygens (including phenoxy) is 2. The molecular weight excluding hydrogens is 306 g/mol. The third kappa shape index (κ3) is 2.75. The second-order valence-electron chi connectivity index (χ2n) is 5.55. The van der Waals surface area contributed by atoms with E-state index in [-0.39, 0.29) is 11.5 Å². The topological polar surface area (TPSA) is 30.5 Å². The highest BCUT2D eigenvalue weighted by atomic mass is 79.9. The SMILES string of the molecule is CCNC1CC(Oc2c(Br)cccc2OC)C1(C)C. The maximum Gasteiger partial charge on any atom is 0.175 e. The molecule has 0 saturated heterocycles. The lowest BCUT2D eigenvalue weighted by molar-refractivity contribution is -0.0555. The average molecular weight is 328 g/mol. The minimum absolute atomic E-state index is 0.135. The van der Waals surface area contributed by atoms with E-state index in [1.165, 1.54) is 0 Å². The van der Waals surface area contributed by atoms with Gasteiger partial charge in [0.05, 0.1) is 11.6 Å². The minimum atomic E-state index is 0.135. The van der Waals surface area contributed by atoms with E-state index in [4.69, 9.17) is 9.47 Å². The van der Waals surface area contributed by atoms with Crippen molar-refractivity contribution in [2.24, 2.45) is 5.41 Å². The molecular formula is C15H22BrNO2. The predicted octanol–water partition coefficient (Wildman–Crippen LogP) is 3.61. The Balaban J connectivity index is 2.11. The average Bonchev–Trinajstić information content (AvgIpc) is 2.39. The van der Waals surface area contributed by atoms with Crippen LogP contribution in [0.2, 0.25) is 0 Å². The summed E-state index contributed by atoms with van der Waals surface area (Å²) in [6, 6.07) is 6.37. The van der Waals surface area contributed by atoms with Gasteiger partial charge in [-0.1, -0.05) is 26.8 Å². The van der Waals surface area contributed by atoms with Crippen molar-refractivity contribution in [1.29, 1.82) is 0 Å². The summed E-state index contributed by atoms with van der Waals surface area (Å²) in [5.74, 6) is 1.58. The molecule has 3 nitrogen and oxygen atoms in total. The summed E-state index contributed by atoms with van der Waals surface area (Å²) in [5.41, 5.74) is 0.135. The molecule has 1 saturated carbocycles. The molecule has 2 atom stereocenters. The standard InChI is InChI=1S/C15H22BrNO2/c1-5-17-12-9-13(15(12,2)3)19-14-10(16)7-6-8-11(14)18-4/h6-8,12-13,17H,5,9H2,1-4H3. The summed E-state index contributed by atoms with van der Waals surface area (Å²) in [5, 5.41) is 3.51. The van der Waals surface area contributed by atoms with Gasteiger partial charge in [0, 0.05) is 17.9 Å². The summed E-state index contributed by atoms with van der Waals surface area (Å²) >= 11 is 3.53. The molecule has 0 heterocycles. The van der Waals surface area contributed by atoms with Gasteiger partial charge >= 0.3 is 0 Å². The van der Waals surface area contributed by atoms with Gasteiger partial charge in [0.1, 0.15) is 6.10 Å². The van der Waals surface area contributed by atoms with Gasteiger partial charge < -0.3 is 14.8 Å². The predicted molar refractivity (Wildman–Crippen MR) is 81.0 cm³/mol. The lowest BCUT2D eigenvalue weighted by Gasteiger charge is -2.51. The molecule has 0 bridgehead atoms. The minimum Gasteiger partial charge on any atom is -0.493 e. The zero-order valence-corrected chi connectivity index (χ0v) is 13.6. The maximum absolute atomic E-state index is 6.18. The van der Waals surface area contributed by atoms with Crippen LogP contribution in [0.25, 0.3) is 0 Å². The van der Waals surface area contributed by atoms with Crippen LogP contribution in [-0.2, 0) is 0 Å². The van der Waals surface area contributed by atoms with Crippen molar-refractivity contribution in [2.75, 3.05) is 13.7 Å².